The van der Waals surface area contributed by atoms with Gasteiger partial charge in [0.15, 0.2) is 0 Å². The molecule has 1 aromatic rings. The molecule has 1 aromatic heterocycles. The van der Waals surface area contributed by atoms with Crippen LogP contribution in [0.2, 0.25) is 0 Å². The van der Waals surface area contributed by atoms with Gasteiger partial charge in [-0.15, -0.1) is 0 Å². The normalized spacial score (nSPS) is 15.2. The van der Waals surface area contributed by atoms with Crippen LogP contribution in [0.4, 0.5) is 24.8 Å². The quantitative estimate of drug-likeness (QED) is 0.873. The fraction of sp³-hybridized carbons (Fsp3) is 0.692. The number of hydrogen-bond acceptors (Lipinski definition) is 4. The molecule has 1 heterocycles. The van der Waals surface area contributed by atoms with E-state index in [4.69, 9.17) is 0 Å². The summed E-state index contributed by atoms with van der Waals surface area (Å²) in [4.78, 5) is 9.61. The molecule has 0 saturated heterocycles. The minimum absolute atomic E-state index is 0.0492. The van der Waals surface area contributed by atoms with Gasteiger partial charge in [-0.25, -0.2) is 9.97 Å². The zero-order chi connectivity index (χ0) is 14.8. The number of halogens is 3. The van der Waals surface area contributed by atoms with E-state index in [1.807, 2.05) is 6.92 Å². The van der Waals surface area contributed by atoms with E-state index in [0.717, 1.165) is 24.8 Å². The SMILES string of the molecule is CCCc1c(NC)ncnc1N(CC(F)(F)F)C1CC1. The second-order valence-electron chi connectivity index (χ2n) is 5.00. The summed E-state index contributed by atoms with van der Waals surface area (Å²) >= 11 is 0. The number of alkyl halides is 3. The predicted molar refractivity (Wildman–Crippen MR) is 72.0 cm³/mol. The Morgan fingerprint density at radius 2 is 2.05 bits per heavy atom. The van der Waals surface area contributed by atoms with Gasteiger partial charge in [0.2, 0.25) is 0 Å². The summed E-state index contributed by atoms with van der Waals surface area (Å²) in [5.74, 6) is 1.04. The third-order valence-corrected chi connectivity index (χ3v) is 3.27. The molecular weight excluding hydrogens is 269 g/mol. The maximum atomic E-state index is 12.8. The molecule has 0 bridgehead atoms. The first-order chi connectivity index (χ1) is 9.46. The summed E-state index contributed by atoms with van der Waals surface area (Å²) in [6, 6.07) is -0.0492. The van der Waals surface area contributed by atoms with Gasteiger partial charge in [0.05, 0.1) is 0 Å². The second kappa shape index (κ2) is 5.85. The zero-order valence-electron chi connectivity index (χ0n) is 11.7. The van der Waals surface area contributed by atoms with E-state index in [9.17, 15) is 13.2 Å². The molecule has 20 heavy (non-hydrogen) atoms. The largest absolute Gasteiger partial charge is 0.405 e. The Balaban J connectivity index is 2.36. The highest BCUT2D eigenvalue weighted by Crippen LogP contribution is 2.36. The molecule has 1 N–H and O–H groups in total. The molecule has 112 valence electrons. The van der Waals surface area contributed by atoms with Crippen molar-refractivity contribution >= 4 is 11.6 Å². The number of aromatic nitrogens is 2. The molecule has 0 unspecified atom stereocenters. The van der Waals surface area contributed by atoms with Crippen molar-refractivity contribution in [2.45, 2.75) is 44.8 Å². The third kappa shape index (κ3) is 3.52. The smallest absolute Gasteiger partial charge is 0.373 e. The summed E-state index contributed by atoms with van der Waals surface area (Å²) in [6.07, 6.45) is 0.178. The van der Waals surface area contributed by atoms with Gasteiger partial charge < -0.3 is 10.2 Å². The molecule has 1 aliphatic carbocycles. The molecule has 7 heteroatoms. The van der Waals surface area contributed by atoms with Crippen LogP contribution in [0.1, 0.15) is 31.7 Å². The van der Waals surface area contributed by atoms with Crippen molar-refractivity contribution in [1.82, 2.24) is 9.97 Å². The van der Waals surface area contributed by atoms with E-state index in [0.29, 0.717) is 18.1 Å². The molecule has 1 saturated carbocycles. The highest BCUT2D eigenvalue weighted by atomic mass is 19.4. The summed E-state index contributed by atoms with van der Waals surface area (Å²) in [5.41, 5.74) is 0.772. The van der Waals surface area contributed by atoms with Crippen LogP contribution in [-0.4, -0.2) is 35.8 Å². The fourth-order valence-corrected chi connectivity index (χ4v) is 2.30. The fourth-order valence-electron chi connectivity index (χ4n) is 2.30. The molecule has 4 nitrogen and oxygen atoms in total. The van der Waals surface area contributed by atoms with Crippen LogP contribution in [0.5, 0.6) is 0 Å². The molecule has 2 rings (SSSR count). The molecule has 0 radical (unpaired) electrons. The van der Waals surface area contributed by atoms with Crippen molar-refractivity contribution in [3.63, 3.8) is 0 Å². The van der Waals surface area contributed by atoms with Gasteiger partial charge in [-0.3, -0.25) is 0 Å². The average molecular weight is 288 g/mol. The van der Waals surface area contributed by atoms with E-state index in [2.05, 4.69) is 15.3 Å². The Morgan fingerprint density at radius 3 is 2.55 bits per heavy atom. The van der Waals surface area contributed by atoms with Crippen LogP contribution < -0.4 is 10.2 Å². The standard InChI is InChI=1S/C13H19F3N4/c1-3-4-10-11(17-2)18-8-19-12(10)20(9-5-6-9)7-13(14,15)16/h8-9H,3-7H2,1-2H3,(H,17,18,19). The first-order valence-corrected chi connectivity index (χ1v) is 6.81. The van der Waals surface area contributed by atoms with Gasteiger partial charge in [0.25, 0.3) is 0 Å². The van der Waals surface area contributed by atoms with Gasteiger partial charge in [-0.05, 0) is 19.3 Å². The number of hydrogen-bond donors (Lipinski definition) is 1. The lowest BCUT2D eigenvalue weighted by Crippen LogP contribution is -2.37. The second-order valence-corrected chi connectivity index (χ2v) is 5.00. The number of nitrogens with one attached hydrogen (secondary N) is 1. The zero-order valence-corrected chi connectivity index (χ0v) is 11.7. The molecule has 0 amide bonds. The lowest BCUT2D eigenvalue weighted by Gasteiger charge is -2.27. The van der Waals surface area contributed by atoms with E-state index in [1.54, 1.807) is 7.05 Å². The Labute approximate surface area is 116 Å². The van der Waals surface area contributed by atoms with Crippen molar-refractivity contribution < 1.29 is 13.2 Å². The van der Waals surface area contributed by atoms with E-state index < -0.39 is 12.7 Å². The van der Waals surface area contributed by atoms with Crippen LogP contribution in [0, 0.1) is 0 Å². The van der Waals surface area contributed by atoms with Gasteiger partial charge in [-0.2, -0.15) is 13.2 Å². The summed E-state index contributed by atoms with van der Waals surface area (Å²) < 4.78 is 38.3. The van der Waals surface area contributed by atoms with E-state index in [-0.39, 0.29) is 6.04 Å². The summed E-state index contributed by atoms with van der Waals surface area (Å²) in [6.45, 7) is 1.04. The van der Waals surface area contributed by atoms with Gasteiger partial charge in [0.1, 0.15) is 24.5 Å². The average Bonchev–Trinajstić information content (AvgIpc) is 3.20. The Hall–Kier alpha value is -1.53. The predicted octanol–water partition coefficient (Wildman–Crippen LogP) is 3.00. The van der Waals surface area contributed by atoms with Gasteiger partial charge in [-0.1, -0.05) is 13.3 Å². The van der Waals surface area contributed by atoms with Crippen LogP contribution in [0.3, 0.4) is 0 Å². The molecule has 0 atom stereocenters. The molecular formula is C13H19F3N4. The number of rotatable bonds is 6. The molecule has 1 aliphatic rings. The lowest BCUT2D eigenvalue weighted by atomic mass is 10.1. The molecule has 0 aliphatic heterocycles. The molecule has 0 aromatic carbocycles. The van der Waals surface area contributed by atoms with Crippen molar-refractivity contribution in [1.29, 1.82) is 0 Å². The minimum atomic E-state index is -4.23. The van der Waals surface area contributed by atoms with Crippen molar-refractivity contribution in [2.24, 2.45) is 0 Å². The molecule has 0 spiro atoms. The lowest BCUT2D eigenvalue weighted by molar-refractivity contribution is -0.120. The van der Waals surface area contributed by atoms with Crippen LogP contribution in [0.15, 0.2) is 6.33 Å². The highest BCUT2D eigenvalue weighted by Gasteiger charge is 2.39. The Kier molecular flexibility index (Phi) is 4.35. The minimum Gasteiger partial charge on any atom is -0.373 e. The van der Waals surface area contributed by atoms with Crippen LogP contribution >= 0.6 is 0 Å². The van der Waals surface area contributed by atoms with E-state index >= 15 is 0 Å². The highest BCUT2D eigenvalue weighted by molar-refractivity contribution is 5.59. The first-order valence-electron chi connectivity index (χ1n) is 6.81. The van der Waals surface area contributed by atoms with Crippen molar-refractivity contribution in [2.75, 3.05) is 23.8 Å². The summed E-state index contributed by atoms with van der Waals surface area (Å²) in [5, 5.41) is 2.94. The van der Waals surface area contributed by atoms with Crippen LogP contribution in [-0.2, 0) is 6.42 Å². The molecule has 1 fully saturated rings. The van der Waals surface area contributed by atoms with E-state index in [1.165, 1.54) is 11.2 Å². The maximum Gasteiger partial charge on any atom is 0.405 e. The van der Waals surface area contributed by atoms with Gasteiger partial charge in [0, 0.05) is 18.7 Å². The van der Waals surface area contributed by atoms with Crippen molar-refractivity contribution in [3.8, 4) is 0 Å². The van der Waals surface area contributed by atoms with Crippen molar-refractivity contribution in [3.05, 3.63) is 11.9 Å². The Morgan fingerprint density at radius 1 is 1.35 bits per heavy atom. The third-order valence-electron chi connectivity index (χ3n) is 3.27. The number of nitrogens with zero attached hydrogens (tertiary/aromatic N) is 3. The van der Waals surface area contributed by atoms with Crippen LogP contribution in [0.25, 0.3) is 0 Å². The maximum absolute atomic E-state index is 12.8. The number of anilines is 2. The monoisotopic (exact) mass is 288 g/mol. The topological polar surface area (TPSA) is 41.1 Å². The van der Waals surface area contributed by atoms with Gasteiger partial charge >= 0.3 is 6.18 Å². The first kappa shape index (κ1) is 14.9. The Bertz CT molecular complexity index is 457. The summed E-state index contributed by atoms with van der Waals surface area (Å²) in [7, 11) is 1.72.